The van der Waals surface area contributed by atoms with Crippen LogP contribution in [0.2, 0.25) is 0 Å². The van der Waals surface area contributed by atoms with Gasteiger partial charge in [0.2, 0.25) is 5.91 Å². The van der Waals surface area contributed by atoms with Gasteiger partial charge in [-0.1, -0.05) is 48.0 Å². The molecule has 4 nitrogen and oxygen atoms in total. The third-order valence-electron chi connectivity index (χ3n) is 5.85. The van der Waals surface area contributed by atoms with Crippen molar-refractivity contribution >= 4 is 16.8 Å². The normalized spacial score (nSPS) is 15.8. The van der Waals surface area contributed by atoms with Gasteiger partial charge in [0.25, 0.3) is 0 Å². The van der Waals surface area contributed by atoms with Crippen LogP contribution in [-0.2, 0) is 17.8 Å². The average molecular weight is 376 g/mol. The van der Waals surface area contributed by atoms with Crippen LogP contribution in [0.3, 0.4) is 0 Å². The van der Waals surface area contributed by atoms with Gasteiger partial charge in [-0.15, -0.1) is 0 Å². The zero-order chi connectivity index (χ0) is 19.3. The number of rotatable bonds is 6. The van der Waals surface area contributed by atoms with Gasteiger partial charge in [-0.05, 0) is 56.5 Å². The Labute approximate surface area is 166 Å². The van der Waals surface area contributed by atoms with E-state index in [0.717, 1.165) is 44.4 Å². The monoisotopic (exact) mass is 375 g/mol. The molecule has 0 saturated carbocycles. The van der Waals surface area contributed by atoms with E-state index in [9.17, 15) is 4.79 Å². The van der Waals surface area contributed by atoms with Gasteiger partial charge < -0.3 is 10.3 Å². The van der Waals surface area contributed by atoms with Crippen LogP contribution >= 0.6 is 0 Å². The van der Waals surface area contributed by atoms with Crippen molar-refractivity contribution in [1.29, 1.82) is 0 Å². The Kier molecular flexibility index (Phi) is 5.77. The van der Waals surface area contributed by atoms with E-state index in [1.165, 1.54) is 22.1 Å². The summed E-state index contributed by atoms with van der Waals surface area (Å²) in [5.74, 6) is 0.368. The summed E-state index contributed by atoms with van der Waals surface area (Å²) < 4.78 is 0. The van der Waals surface area contributed by atoms with Crippen molar-refractivity contribution in [3.8, 4) is 0 Å². The molecule has 146 valence electrons. The minimum absolute atomic E-state index is 0.150. The number of piperidine rings is 1. The molecule has 2 N–H and O–H groups in total. The average Bonchev–Trinajstić information content (AvgIpc) is 3.13. The Morgan fingerprint density at radius 1 is 1.11 bits per heavy atom. The molecule has 0 radical (unpaired) electrons. The Morgan fingerprint density at radius 2 is 1.86 bits per heavy atom. The number of aryl methyl sites for hydroxylation is 1. The number of fused-ring (bicyclic) bond motifs is 1. The minimum atomic E-state index is 0.150. The molecule has 0 atom stereocenters. The number of amides is 1. The largest absolute Gasteiger partial charge is 0.361 e. The van der Waals surface area contributed by atoms with E-state index >= 15 is 0 Å². The standard InChI is InChI=1S/C24H29N3O/c1-18-6-8-19(9-7-18)17-27-14-11-20(12-15-27)24(28)25-13-10-21-16-26-23-5-3-2-4-22(21)23/h2-9,16,20,26H,10-15,17H2,1H3,(H,25,28). The Bertz CT molecular complexity index is 920. The maximum atomic E-state index is 12.6. The van der Waals surface area contributed by atoms with E-state index in [1.807, 2.05) is 6.07 Å². The molecule has 1 aliphatic rings. The number of nitrogens with one attached hydrogen (secondary N) is 2. The van der Waals surface area contributed by atoms with Crippen LogP contribution in [-0.4, -0.2) is 35.4 Å². The Hall–Kier alpha value is -2.59. The number of hydrogen-bond donors (Lipinski definition) is 2. The van der Waals surface area contributed by atoms with Gasteiger partial charge in [0.15, 0.2) is 0 Å². The first kappa shape index (κ1) is 18.8. The van der Waals surface area contributed by atoms with Crippen molar-refractivity contribution in [2.45, 2.75) is 32.7 Å². The molecule has 1 aromatic heterocycles. The predicted octanol–water partition coefficient (Wildman–Crippen LogP) is 4.05. The first-order valence-corrected chi connectivity index (χ1v) is 10.3. The maximum absolute atomic E-state index is 12.6. The van der Waals surface area contributed by atoms with Crippen LogP contribution in [0.4, 0.5) is 0 Å². The second-order valence-corrected chi connectivity index (χ2v) is 7.94. The van der Waals surface area contributed by atoms with Gasteiger partial charge in [-0.25, -0.2) is 0 Å². The molecule has 0 unspecified atom stereocenters. The van der Waals surface area contributed by atoms with Crippen molar-refractivity contribution in [3.63, 3.8) is 0 Å². The number of H-pyrrole nitrogens is 1. The highest BCUT2D eigenvalue weighted by Crippen LogP contribution is 2.20. The Balaban J connectivity index is 1.21. The summed E-state index contributed by atoms with van der Waals surface area (Å²) in [6.07, 6.45) is 4.82. The quantitative estimate of drug-likeness (QED) is 0.683. The smallest absolute Gasteiger partial charge is 0.223 e. The lowest BCUT2D eigenvalue weighted by Crippen LogP contribution is -2.40. The van der Waals surface area contributed by atoms with E-state index in [4.69, 9.17) is 0 Å². The highest BCUT2D eigenvalue weighted by atomic mass is 16.1. The predicted molar refractivity (Wildman–Crippen MR) is 114 cm³/mol. The molecular formula is C24H29N3O. The molecule has 4 rings (SSSR count). The van der Waals surface area contributed by atoms with Crippen LogP contribution in [0.25, 0.3) is 10.9 Å². The van der Waals surface area contributed by atoms with Gasteiger partial charge in [0, 0.05) is 36.1 Å². The van der Waals surface area contributed by atoms with Gasteiger partial charge in [0.1, 0.15) is 0 Å². The highest BCUT2D eigenvalue weighted by molar-refractivity contribution is 5.83. The maximum Gasteiger partial charge on any atom is 0.223 e. The van der Waals surface area contributed by atoms with Gasteiger partial charge >= 0.3 is 0 Å². The number of aromatic nitrogens is 1. The molecule has 0 bridgehead atoms. The number of benzene rings is 2. The number of likely N-dealkylation sites (tertiary alicyclic amines) is 1. The van der Waals surface area contributed by atoms with Crippen molar-refractivity contribution < 1.29 is 4.79 Å². The Morgan fingerprint density at radius 3 is 2.64 bits per heavy atom. The van der Waals surface area contributed by atoms with Crippen molar-refractivity contribution in [1.82, 2.24) is 15.2 Å². The summed E-state index contributed by atoms with van der Waals surface area (Å²) >= 11 is 0. The molecule has 1 saturated heterocycles. The molecule has 3 aromatic rings. The molecule has 2 heterocycles. The van der Waals surface area contributed by atoms with E-state index in [2.05, 4.69) is 70.8 Å². The SMILES string of the molecule is Cc1ccc(CN2CCC(C(=O)NCCc3c[nH]c4ccccc34)CC2)cc1. The second-order valence-electron chi connectivity index (χ2n) is 7.94. The topological polar surface area (TPSA) is 48.1 Å². The molecule has 2 aromatic carbocycles. The number of carbonyl (C=O) groups is 1. The van der Waals surface area contributed by atoms with E-state index in [1.54, 1.807) is 0 Å². The summed E-state index contributed by atoms with van der Waals surface area (Å²) in [5, 5.41) is 4.41. The van der Waals surface area contributed by atoms with Crippen LogP contribution in [0.5, 0.6) is 0 Å². The zero-order valence-corrected chi connectivity index (χ0v) is 16.6. The van der Waals surface area contributed by atoms with Gasteiger partial charge in [-0.3, -0.25) is 9.69 Å². The zero-order valence-electron chi connectivity index (χ0n) is 16.6. The molecule has 1 aliphatic heterocycles. The summed E-state index contributed by atoms with van der Waals surface area (Å²) in [4.78, 5) is 18.3. The van der Waals surface area contributed by atoms with Crippen LogP contribution in [0, 0.1) is 12.8 Å². The summed E-state index contributed by atoms with van der Waals surface area (Å²) in [6, 6.07) is 17.1. The molecule has 4 heteroatoms. The second kappa shape index (κ2) is 8.61. The fourth-order valence-corrected chi connectivity index (χ4v) is 4.11. The molecular weight excluding hydrogens is 346 g/mol. The number of aromatic amines is 1. The molecule has 0 spiro atoms. The number of nitrogens with zero attached hydrogens (tertiary/aromatic N) is 1. The fourth-order valence-electron chi connectivity index (χ4n) is 4.11. The lowest BCUT2D eigenvalue weighted by Gasteiger charge is -2.31. The third kappa shape index (κ3) is 4.45. The molecule has 1 fully saturated rings. The van der Waals surface area contributed by atoms with Crippen molar-refractivity contribution in [2.24, 2.45) is 5.92 Å². The minimum Gasteiger partial charge on any atom is -0.361 e. The van der Waals surface area contributed by atoms with E-state index in [0.29, 0.717) is 6.54 Å². The van der Waals surface area contributed by atoms with Gasteiger partial charge in [0.05, 0.1) is 0 Å². The summed E-state index contributed by atoms with van der Waals surface area (Å²) in [7, 11) is 0. The van der Waals surface area contributed by atoms with Crippen molar-refractivity contribution in [2.75, 3.05) is 19.6 Å². The number of para-hydroxylation sites is 1. The van der Waals surface area contributed by atoms with Crippen molar-refractivity contribution in [3.05, 3.63) is 71.4 Å². The first-order chi connectivity index (χ1) is 13.7. The van der Waals surface area contributed by atoms with E-state index in [-0.39, 0.29) is 11.8 Å². The van der Waals surface area contributed by atoms with E-state index < -0.39 is 0 Å². The molecule has 1 amide bonds. The molecule has 28 heavy (non-hydrogen) atoms. The summed E-state index contributed by atoms with van der Waals surface area (Å²) in [6.45, 7) is 5.79. The van der Waals surface area contributed by atoms with Crippen LogP contribution < -0.4 is 5.32 Å². The first-order valence-electron chi connectivity index (χ1n) is 10.3. The molecule has 0 aliphatic carbocycles. The fraction of sp³-hybridized carbons (Fsp3) is 0.375. The highest BCUT2D eigenvalue weighted by Gasteiger charge is 2.24. The number of hydrogen-bond acceptors (Lipinski definition) is 2. The number of carbonyl (C=O) groups excluding carboxylic acids is 1. The third-order valence-corrected chi connectivity index (χ3v) is 5.85. The lowest BCUT2D eigenvalue weighted by molar-refractivity contribution is -0.126. The lowest BCUT2D eigenvalue weighted by atomic mass is 9.95. The summed E-state index contributed by atoms with van der Waals surface area (Å²) in [5.41, 5.74) is 5.08. The van der Waals surface area contributed by atoms with Crippen LogP contribution in [0.15, 0.2) is 54.7 Å². The van der Waals surface area contributed by atoms with Crippen LogP contribution in [0.1, 0.15) is 29.5 Å². The van der Waals surface area contributed by atoms with Gasteiger partial charge in [-0.2, -0.15) is 0 Å².